The van der Waals surface area contributed by atoms with Crippen molar-refractivity contribution in [3.8, 4) is 0 Å². The Morgan fingerprint density at radius 1 is 1.23 bits per heavy atom. The van der Waals surface area contributed by atoms with Crippen LogP contribution < -0.4 is 5.32 Å². The van der Waals surface area contributed by atoms with Gasteiger partial charge in [-0.3, -0.25) is 0 Å². The van der Waals surface area contributed by atoms with E-state index in [1.54, 1.807) is 0 Å². The highest BCUT2D eigenvalue weighted by molar-refractivity contribution is 5.68. The summed E-state index contributed by atoms with van der Waals surface area (Å²) in [5.41, 5.74) is 0.880. The first-order valence-electron chi connectivity index (χ1n) is 8.14. The van der Waals surface area contributed by atoms with Crippen molar-refractivity contribution < 1.29 is 9.53 Å². The predicted octanol–water partition coefficient (Wildman–Crippen LogP) is 3.74. The average molecular weight is 304 g/mol. The molecule has 0 saturated carbocycles. The molecule has 1 aromatic carbocycles. The molecule has 4 heteroatoms. The Hall–Kier alpha value is -1.55. The van der Waals surface area contributed by atoms with Gasteiger partial charge in [0, 0.05) is 25.2 Å². The molecule has 0 spiro atoms. The maximum atomic E-state index is 12.0. The molecule has 0 aliphatic carbocycles. The van der Waals surface area contributed by atoms with Crippen LogP contribution in [-0.4, -0.2) is 35.7 Å². The maximum Gasteiger partial charge on any atom is 0.410 e. The molecule has 2 rings (SSSR count). The number of nitrogens with zero attached hydrogens (tertiary/aromatic N) is 1. The molecule has 0 radical (unpaired) electrons. The molecular formula is C18H28N2O2. The molecule has 1 saturated heterocycles. The Morgan fingerprint density at radius 2 is 1.82 bits per heavy atom. The lowest BCUT2D eigenvalue weighted by Gasteiger charge is -2.35. The molecule has 1 N–H and O–H groups in total. The van der Waals surface area contributed by atoms with Crippen molar-refractivity contribution >= 4 is 6.09 Å². The molecule has 1 aliphatic rings. The summed E-state index contributed by atoms with van der Waals surface area (Å²) in [6.45, 7) is 9.42. The molecule has 1 heterocycles. The quantitative estimate of drug-likeness (QED) is 0.925. The number of hydrogen-bond acceptors (Lipinski definition) is 3. The van der Waals surface area contributed by atoms with Gasteiger partial charge in [-0.15, -0.1) is 0 Å². The molecule has 0 unspecified atom stereocenters. The highest BCUT2D eigenvalue weighted by atomic mass is 16.6. The van der Waals surface area contributed by atoms with E-state index in [0.717, 1.165) is 25.9 Å². The van der Waals surface area contributed by atoms with Crippen LogP contribution in [0.3, 0.4) is 0 Å². The Bertz CT molecular complexity index is 474. The normalized spacial score (nSPS) is 18.1. The molecule has 1 aliphatic heterocycles. The highest BCUT2D eigenvalue weighted by Gasteiger charge is 2.27. The molecule has 1 aromatic rings. The van der Waals surface area contributed by atoms with Gasteiger partial charge in [0.05, 0.1) is 0 Å². The second kappa shape index (κ2) is 7.14. The minimum absolute atomic E-state index is 0.193. The minimum atomic E-state index is -0.423. The number of carbonyl (C=O) groups excluding carboxylic acids is 1. The lowest BCUT2D eigenvalue weighted by molar-refractivity contribution is 0.0196. The fraction of sp³-hybridized carbons (Fsp3) is 0.611. The van der Waals surface area contributed by atoms with Crippen LogP contribution in [0.15, 0.2) is 30.3 Å². The summed E-state index contributed by atoms with van der Waals surface area (Å²) in [6, 6.07) is 11.3. The summed E-state index contributed by atoms with van der Waals surface area (Å²) >= 11 is 0. The number of nitrogens with one attached hydrogen (secondary N) is 1. The van der Waals surface area contributed by atoms with Crippen LogP contribution in [0.4, 0.5) is 4.79 Å². The summed E-state index contributed by atoms with van der Waals surface area (Å²) < 4.78 is 5.43. The largest absolute Gasteiger partial charge is 0.444 e. The summed E-state index contributed by atoms with van der Waals surface area (Å²) in [4.78, 5) is 13.9. The number of amides is 1. The van der Waals surface area contributed by atoms with Gasteiger partial charge in [-0.2, -0.15) is 0 Å². The van der Waals surface area contributed by atoms with Crippen LogP contribution >= 0.6 is 0 Å². The third kappa shape index (κ3) is 5.02. The van der Waals surface area contributed by atoms with Crippen molar-refractivity contribution in [2.45, 2.75) is 58.2 Å². The monoisotopic (exact) mass is 304 g/mol. The Balaban J connectivity index is 1.79. The number of benzene rings is 1. The van der Waals surface area contributed by atoms with Gasteiger partial charge >= 0.3 is 6.09 Å². The average Bonchev–Trinajstić information content (AvgIpc) is 2.47. The SMILES string of the molecule is C[C@@H](NC1CCN(C(=O)OC(C)(C)C)CC1)c1ccccc1. The van der Waals surface area contributed by atoms with Gasteiger partial charge in [0.2, 0.25) is 0 Å². The number of likely N-dealkylation sites (tertiary alicyclic amines) is 1. The molecule has 1 fully saturated rings. The van der Waals surface area contributed by atoms with Gasteiger partial charge in [-0.1, -0.05) is 30.3 Å². The zero-order valence-electron chi connectivity index (χ0n) is 14.1. The third-order valence-electron chi connectivity index (χ3n) is 3.93. The van der Waals surface area contributed by atoms with Crippen molar-refractivity contribution in [1.82, 2.24) is 10.2 Å². The Morgan fingerprint density at radius 3 is 2.36 bits per heavy atom. The van der Waals surface area contributed by atoms with Crippen LogP contribution in [-0.2, 0) is 4.74 Å². The van der Waals surface area contributed by atoms with Crippen molar-refractivity contribution in [2.75, 3.05) is 13.1 Å². The minimum Gasteiger partial charge on any atom is -0.444 e. The van der Waals surface area contributed by atoms with Gasteiger partial charge in [-0.25, -0.2) is 4.79 Å². The fourth-order valence-electron chi connectivity index (χ4n) is 2.75. The fourth-order valence-corrected chi connectivity index (χ4v) is 2.75. The van der Waals surface area contributed by atoms with Crippen LogP contribution in [0.5, 0.6) is 0 Å². The molecule has 22 heavy (non-hydrogen) atoms. The lowest BCUT2D eigenvalue weighted by Crippen LogP contribution is -2.46. The van der Waals surface area contributed by atoms with E-state index < -0.39 is 5.60 Å². The van der Waals surface area contributed by atoms with Crippen LogP contribution in [0.25, 0.3) is 0 Å². The highest BCUT2D eigenvalue weighted by Crippen LogP contribution is 2.19. The second-order valence-electron chi connectivity index (χ2n) is 7.04. The van der Waals surface area contributed by atoms with Gasteiger partial charge in [0.15, 0.2) is 0 Å². The predicted molar refractivity (Wildman–Crippen MR) is 88.8 cm³/mol. The topological polar surface area (TPSA) is 41.6 Å². The zero-order valence-corrected chi connectivity index (χ0v) is 14.1. The molecule has 122 valence electrons. The summed E-state index contributed by atoms with van der Waals surface area (Å²) in [5, 5.41) is 3.66. The number of hydrogen-bond donors (Lipinski definition) is 1. The molecule has 0 aromatic heterocycles. The molecule has 1 amide bonds. The number of rotatable bonds is 3. The Kier molecular flexibility index (Phi) is 5.46. The van der Waals surface area contributed by atoms with E-state index in [0.29, 0.717) is 12.1 Å². The van der Waals surface area contributed by atoms with Crippen molar-refractivity contribution in [2.24, 2.45) is 0 Å². The van der Waals surface area contributed by atoms with E-state index in [2.05, 4.69) is 36.5 Å². The molecule has 0 bridgehead atoms. The first kappa shape index (κ1) is 16.8. The van der Waals surface area contributed by atoms with Crippen LogP contribution in [0.1, 0.15) is 52.1 Å². The third-order valence-corrected chi connectivity index (χ3v) is 3.93. The van der Waals surface area contributed by atoms with Gasteiger partial charge in [-0.05, 0) is 46.1 Å². The van der Waals surface area contributed by atoms with Crippen molar-refractivity contribution in [1.29, 1.82) is 0 Å². The number of carbonyl (C=O) groups is 1. The first-order valence-corrected chi connectivity index (χ1v) is 8.14. The first-order chi connectivity index (χ1) is 10.3. The van der Waals surface area contributed by atoms with Crippen LogP contribution in [0.2, 0.25) is 0 Å². The van der Waals surface area contributed by atoms with Crippen LogP contribution in [0, 0.1) is 0 Å². The smallest absolute Gasteiger partial charge is 0.410 e. The second-order valence-corrected chi connectivity index (χ2v) is 7.04. The van der Waals surface area contributed by atoms with E-state index in [-0.39, 0.29) is 6.09 Å². The maximum absolute atomic E-state index is 12.0. The van der Waals surface area contributed by atoms with E-state index in [9.17, 15) is 4.79 Å². The van der Waals surface area contributed by atoms with Crippen molar-refractivity contribution in [3.05, 3.63) is 35.9 Å². The van der Waals surface area contributed by atoms with E-state index in [4.69, 9.17) is 4.74 Å². The lowest BCUT2D eigenvalue weighted by atomic mass is 10.0. The van der Waals surface area contributed by atoms with E-state index in [1.807, 2.05) is 31.7 Å². The molecule has 1 atom stereocenters. The standard InChI is InChI=1S/C18H28N2O2/c1-14(15-8-6-5-7-9-15)19-16-10-12-20(13-11-16)17(21)22-18(2,3)4/h5-9,14,16,19H,10-13H2,1-4H3/t14-/m1/s1. The number of piperidine rings is 1. The van der Waals surface area contributed by atoms with Gasteiger partial charge in [0.25, 0.3) is 0 Å². The summed E-state index contributed by atoms with van der Waals surface area (Å²) in [6.07, 6.45) is 1.74. The van der Waals surface area contributed by atoms with Crippen molar-refractivity contribution in [3.63, 3.8) is 0 Å². The molecular weight excluding hydrogens is 276 g/mol. The molecule has 4 nitrogen and oxygen atoms in total. The van der Waals surface area contributed by atoms with Gasteiger partial charge < -0.3 is 15.0 Å². The van der Waals surface area contributed by atoms with E-state index >= 15 is 0 Å². The number of ether oxygens (including phenoxy) is 1. The van der Waals surface area contributed by atoms with Gasteiger partial charge in [0.1, 0.15) is 5.60 Å². The zero-order chi connectivity index (χ0) is 16.2. The summed E-state index contributed by atoms with van der Waals surface area (Å²) in [5.74, 6) is 0. The summed E-state index contributed by atoms with van der Waals surface area (Å²) in [7, 11) is 0. The Labute approximate surface area is 133 Å². The van der Waals surface area contributed by atoms with E-state index in [1.165, 1.54) is 5.56 Å².